The summed E-state index contributed by atoms with van der Waals surface area (Å²) in [6.45, 7) is 1.28. The summed E-state index contributed by atoms with van der Waals surface area (Å²) in [4.78, 5) is 11.8. The predicted molar refractivity (Wildman–Crippen MR) is 78.3 cm³/mol. The maximum atomic E-state index is 12.8. The number of ether oxygens (including phenoxy) is 2. The number of amides is 1. The summed E-state index contributed by atoms with van der Waals surface area (Å²) in [6.07, 6.45) is 0.740. The van der Waals surface area contributed by atoms with E-state index in [1.165, 1.54) is 24.3 Å². The van der Waals surface area contributed by atoms with Crippen molar-refractivity contribution >= 4 is 5.91 Å². The molecule has 0 aliphatic heterocycles. The largest absolute Gasteiger partial charge is 0.486 e. The lowest BCUT2D eigenvalue weighted by atomic mass is 10.3. The monoisotopic (exact) mass is 307 g/mol. The topological polar surface area (TPSA) is 60.7 Å². The zero-order chi connectivity index (χ0) is 15.8. The van der Waals surface area contributed by atoms with Gasteiger partial charge in [0.25, 0.3) is 5.91 Å². The molecule has 0 atom stereocenters. The molecule has 0 aliphatic rings. The Bertz CT molecular complexity index is 594. The van der Waals surface area contributed by atoms with E-state index >= 15 is 0 Å². The van der Waals surface area contributed by atoms with Gasteiger partial charge in [0.2, 0.25) is 0 Å². The number of carbonyl (C=O) groups is 1. The van der Waals surface area contributed by atoms with Gasteiger partial charge in [-0.15, -0.1) is 0 Å². The van der Waals surface area contributed by atoms with Crippen molar-refractivity contribution in [1.82, 2.24) is 5.32 Å². The quantitative estimate of drug-likeness (QED) is 0.762. The van der Waals surface area contributed by atoms with E-state index in [0.29, 0.717) is 24.7 Å². The summed E-state index contributed by atoms with van der Waals surface area (Å²) in [5, 5.41) is 2.73. The molecule has 1 amide bonds. The van der Waals surface area contributed by atoms with Gasteiger partial charge in [0.05, 0.1) is 0 Å². The first-order valence-corrected chi connectivity index (χ1v) is 6.93. The van der Waals surface area contributed by atoms with E-state index in [4.69, 9.17) is 13.9 Å². The van der Waals surface area contributed by atoms with Gasteiger partial charge < -0.3 is 19.2 Å². The van der Waals surface area contributed by atoms with Crippen LogP contribution < -0.4 is 10.1 Å². The van der Waals surface area contributed by atoms with Gasteiger partial charge in [-0.2, -0.15) is 0 Å². The Labute approximate surface area is 128 Å². The van der Waals surface area contributed by atoms with Crippen molar-refractivity contribution in [3.63, 3.8) is 0 Å². The molecule has 0 bridgehead atoms. The van der Waals surface area contributed by atoms with Crippen LogP contribution in [0.15, 0.2) is 40.8 Å². The van der Waals surface area contributed by atoms with Crippen LogP contribution in [0, 0.1) is 5.82 Å². The van der Waals surface area contributed by atoms with Crippen molar-refractivity contribution in [2.24, 2.45) is 0 Å². The van der Waals surface area contributed by atoms with Gasteiger partial charge in [-0.3, -0.25) is 4.79 Å². The summed E-state index contributed by atoms with van der Waals surface area (Å²) in [5.41, 5.74) is 0. The molecule has 6 heteroatoms. The van der Waals surface area contributed by atoms with E-state index in [1.54, 1.807) is 19.2 Å². The number of methoxy groups -OCH3 is 1. The molecule has 118 valence electrons. The van der Waals surface area contributed by atoms with E-state index in [9.17, 15) is 9.18 Å². The van der Waals surface area contributed by atoms with Crippen molar-refractivity contribution in [2.45, 2.75) is 13.0 Å². The molecule has 0 fully saturated rings. The van der Waals surface area contributed by atoms with Gasteiger partial charge in [-0.25, -0.2) is 4.39 Å². The molecule has 1 N–H and O–H groups in total. The zero-order valence-electron chi connectivity index (χ0n) is 12.3. The van der Waals surface area contributed by atoms with Crippen LogP contribution in [0.1, 0.15) is 22.7 Å². The van der Waals surface area contributed by atoms with Crippen LogP contribution in [0.5, 0.6) is 5.75 Å². The van der Waals surface area contributed by atoms with Crippen molar-refractivity contribution < 1.29 is 23.1 Å². The fourth-order valence-corrected chi connectivity index (χ4v) is 1.77. The standard InChI is InChI=1S/C16H18FNO4/c1-20-10-2-9-18-16(19)15-8-7-14(22-15)11-21-13-5-3-12(17)4-6-13/h3-8H,2,9-11H2,1H3,(H,18,19). The van der Waals surface area contributed by atoms with Crippen molar-refractivity contribution in [3.8, 4) is 5.75 Å². The molecular formula is C16H18FNO4. The Morgan fingerprint density at radius 3 is 2.73 bits per heavy atom. The van der Waals surface area contributed by atoms with E-state index < -0.39 is 0 Å². The lowest BCUT2D eigenvalue weighted by Crippen LogP contribution is -2.24. The third-order valence-electron chi connectivity index (χ3n) is 2.89. The van der Waals surface area contributed by atoms with Crippen LogP contribution >= 0.6 is 0 Å². The molecule has 2 aromatic rings. The Morgan fingerprint density at radius 2 is 2.00 bits per heavy atom. The number of benzene rings is 1. The molecular weight excluding hydrogens is 289 g/mol. The summed E-state index contributed by atoms with van der Waals surface area (Å²) < 4.78 is 28.5. The number of carbonyl (C=O) groups excluding carboxylic acids is 1. The lowest BCUT2D eigenvalue weighted by Gasteiger charge is -2.04. The molecule has 1 aromatic heterocycles. The van der Waals surface area contributed by atoms with Gasteiger partial charge in [0.1, 0.15) is 23.9 Å². The number of hydrogen-bond donors (Lipinski definition) is 1. The van der Waals surface area contributed by atoms with Gasteiger partial charge in [0.15, 0.2) is 5.76 Å². The fraction of sp³-hybridized carbons (Fsp3) is 0.312. The molecule has 22 heavy (non-hydrogen) atoms. The van der Waals surface area contributed by atoms with Crippen molar-refractivity contribution in [2.75, 3.05) is 20.3 Å². The number of rotatable bonds is 8. The number of nitrogens with one attached hydrogen (secondary N) is 1. The van der Waals surface area contributed by atoms with E-state index in [2.05, 4.69) is 5.32 Å². The Morgan fingerprint density at radius 1 is 1.23 bits per heavy atom. The average molecular weight is 307 g/mol. The maximum Gasteiger partial charge on any atom is 0.286 e. The smallest absolute Gasteiger partial charge is 0.286 e. The summed E-state index contributed by atoms with van der Waals surface area (Å²) in [5.74, 6) is 0.687. The summed E-state index contributed by atoms with van der Waals surface area (Å²) in [7, 11) is 1.61. The SMILES string of the molecule is COCCCNC(=O)c1ccc(COc2ccc(F)cc2)o1. The molecule has 0 saturated heterocycles. The minimum absolute atomic E-state index is 0.169. The highest BCUT2D eigenvalue weighted by molar-refractivity contribution is 5.91. The average Bonchev–Trinajstić information content (AvgIpc) is 3.00. The lowest BCUT2D eigenvalue weighted by molar-refractivity contribution is 0.0917. The van der Waals surface area contributed by atoms with Crippen LogP contribution in [0.4, 0.5) is 4.39 Å². The Hall–Kier alpha value is -2.34. The molecule has 5 nitrogen and oxygen atoms in total. The van der Waals surface area contributed by atoms with Crippen LogP contribution in [-0.4, -0.2) is 26.2 Å². The molecule has 0 aliphatic carbocycles. The molecule has 0 saturated carbocycles. The van der Waals surface area contributed by atoms with E-state index in [1.807, 2.05) is 0 Å². The molecule has 1 aromatic carbocycles. The molecule has 2 rings (SSSR count). The fourth-order valence-electron chi connectivity index (χ4n) is 1.77. The predicted octanol–water partition coefficient (Wildman–Crippen LogP) is 2.76. The van der Waals surface area contributed by atoms with Gasteiger partial charge >= 0.3 is 0 Å². The van der Waals surface area contributed by atoms with Crippen molar-refractivity contribution in [1.29, 1.82) is 0 Å². The summed E-state index contributed by atoms with van der Waals surface area (Å²) >= 11 is 0. The highest BCUT2D eigenvalue weighted by Crippen LogP contribution is 2.15. The van der Waals surface area contributed by atoms with E-state index in [-0.39, 0.29) is 24.1 Å². The summed E-state index contributed by atoms with van der Waals surface area (Å²) in [6, 6.07) is 8.96. The highest BCUT2D eigenvalue weighted by Gasteiger charge is 2.10. The second kappa shape index (κ2) is 8.19. The number of furan rings is 1. The van der Waals surface area contributed by atoms with Gasteiger partial charge in [-0.05, 0) is 42.8 Å². The normalized spacial score (nSPS) is 10.5. The van der Waals surface area contributed by atoms with Crippen LogP contribution in [0.3, 0.4) is 0 Å². The molecule has 0 spiro atoms. The first kappa shape index (κ1) is 16.0. The molecule has 1 heterocycles. The van der Waals surface area contributed by atoms with Crippen LogP contribution in [0.25, 0.3) is 0 Å². The third-order valence-corrected chi connectivity index (χ3v) is 2.89. The number of hydrogen-bond acceptors (Lipinski definition) is 4. The zero-order valence-corrected chi connectivity index (χ0v) is 12.3. The van der Waals surface area contributed by atoms with Crippen molar-refractivity contribution in [3.05, 3.63) is 53.7 Å². The third kappa shape index (κ3) is 4.89. The van der Waals surface area contributed by atoms with Crippen LogP contribution in [-0.2, 0) is 11.3 Å². The highest BCUT2D eigenvalue weighted by atomic mass is 19.1. The second-order valence-corrected chi connectivity index (χ2v) is 4.61. The Balaban J connectivity index is 1.80. The first-order chi connectivity index (χ1) is 10.7. The minimum Gasteiger partial charge on any atom is -0.486 e. The number of halogens is 1. The second-order valence-electron chi connectivity index (χ2n) is 4.61. The molecule has 0 unspecified atom stereocenters. The maximum absolute atomic E-state index is 12.8. The van der Waals surface area contributed by atoms with Crippen LogP contribution in [0.2, 0.25) is 0 Å². The van der Waals surface area contributed by atoms with Gasteiger partial charge in [-0.1, -0.05) is 0 Å². The van der Waals surface area contributed by atoms with E-state index in [0.717, 1.165) is 6.42 Å². The minimum atomic E-state index is -0.322. The molecule has 0 radical (unpaired) electrons. The Kier molecular flexibility index (Phi) is 5.97. The first-order valence-electron chi connectivity index (χ1n) is 6.93. The van der Waals surface area contributed by atoms with Gasteiger partial charge in [0, 0.05) is 20.3 Å².